The Hall–Kier alpha value is -6.28. The average Bonchev–Trinajstić information content (AvgIpc) is 4.14. The number of allylic oxidation sites excluding steroid dienone is 1. The van der Waals surface area contributed by atoms with E-state index in [0.29, 0.717) is 51.3 Å². The number of likely N-dealkylation sites (tertiary alicyclic amines) is 2. The van der Waals surface area contributed by atoms with Crippen molar-refractivity contribution in [3.8, 4) is 22.4 Å². The number of carbonyl (C=O) groups is 4. The van der Waals surface area contributed by atoms with Crippen LogP contribution >= 0.6 is 0 Å². The molecule has 3 aromatic carbocycles. The molecule has 4 aliphatic heterocycles. The van der Waals surface area contributed by atoms with Gasteiger partial charge >= 0.3 is 12.2 Å². The maximum Gasteiger partial charge on any atom is 0.411 e. The molecule has 4 amide bonds. The predicted octanol–water partition coefficient (Wildman–Crippen LogP) is 7.54. The summed E-state index contributed by atoms with van der Waals surface area (Å²) < 4.78 is 15.1. The molecule has 3 saturated heterocycles. The summed E-state index contributed by atoms with van der Waals surface area (Å²) in [6.45, 7) is 6.04. The Morgan fingerprint density at radius 3 is 2.15 bits per heavy atom. The number of hydrogen-bond donors (Lipinski definition) is 3. The number of nitrogens with one attached hydrogen (secondary N) is 3. The Labute approximate surface area is 355 Å². The van der Waals surface area contributed by atoms with Gasteiger partial charge in [0, 0.05) is 37.0 Å². The lowest BCUT2D eigenvalue weighted by Crippen LogP contribution is -2.51. The van der Waals surface area contributed by atoms with E-state index in [4.69, 9.17) is 24.2 Å². The standard InChI is InChI=1S/C47H53N7O7/c1-28(2)41(51-46(57)59-3)44(55)54-20-6-8-40(54)43-49-27-38(50-43)35-16-15-33-23-32(13-14-34(33)24-35)29-9-11-30(12-10-29)36-25-37(48-26-36)39-7-5-19-53(39)45(56)42(52-47(58)60-4)31-17-21-61-22-18-31/h9-16,23-24,26-28,39-41H,5-8,17-22,25H2,1-4H3,(H,49,50)(H,51,57)(H,52,58)/t39-,40-,41-/m0/s1. The van der Waals surface area contributed by atoms with Gasteiger partial charge in [-0.15, -0.1) is 0 Å². The largest absolute Gasteiger partial charge is 0.453 e. The zero-order valence-corrected chi connectivity index (χ0v) is 35.2. The Balaban J connectivity index is 0.914. The summed E-state index contributed by atoms with van der Waals surface area (Å²) >= 11 is 0. The smallest absolute Gasteiger partial charge is 0.411 e. The van der Waals surface area contributed by atoms with Gasteiger partial charge in [0.25, 0.3) is 5.91 Å². The maximum atomic E-state index is 13.9. The van der Waals surface area contributed by atoms with Crippen LogP contribution in [0.4, 0.5) is 9.59 Å². The molecule has 0 radical (unpaired) electrons. The lowest BCUT2D eigenvalue weighted by atomic mass is 9.95. The lowest BCUT2D eigenvalue weighted by molar-refractivity contribution is -0.135. The fraction of sp³-hybridized carbons (Fsp3) is 0.404. The second-order valence-corrected chi connectivity index (χ2v) is 16.4. The van der Waals surface area contributed by atoms with Crippen molar-refractivity contribution in [3.05, 3.63) is 95.7 Å². The molecule has 0 bridgehead atoms. The highest BCUT2D eigenvalue weighted by Crippen LogP contribution is 2.35. The van der Waals surface area contributed by atoms with Crippen LogP contribution in [0, 0.1) is 5.92 Å². The second-order valence-electron chi connectivity index (χ2n) is 16.4. The van der Waals surface area contributed by atoms with E-state index < -0.39 is 18.2 Å². The summed E-state index contributed by atoms with van der Waals surface area (Å²) in [6, 6.07) is 20.3. The number of aromatic amines is 1. The molecule has 0 unspecified atom stereocenters. The molecular formula is C47H53N7O7. The number of aliphatic imine (C=N–C) groups is 1. The van der Waals surface area contributed by atoms with Crippen LogP contribution in [-0.2, 0) is 23.8 Å². The monoisotopic (exact) mass is 827 g/mol. The average molecular weight is 828 g/mol. The summed E-state index contributed by atoms with van der Waals surface area (Å²) in [5, 5.41) is 7.63. The van der Waals surface area contributed by atoms with Gasteiger partial charge in [-0.25, -0.2) is 14.6 Å². The number of aromatic nitrogens is 2. The van der Waals surface area contributed by atoms with Crippen molar-refractivity contribution in [2.24, 2.45) is 10.9 Å². The molecule has 3 atom stereocenters. The molecular weight excluding hydrogens is 775 g/mol. The summed E-state index contributed by atoms with van der Waals surface area (Å²) in [5.41, 5.74) is 8.42. The molecule has 4 aromatic rings. The molecule has 8 rings (SSSR count). The van der Waals surface area contributed by atoms with Crippen molar-refractivity contribution < 1.29 is 33.4 Å². The van der Waals surface area contributed by atoms with E-state index in [1.807, 2.05) is 36.0 Å². The first kappa shape index (κ1) is 41.5. The lowest BCUT2D eigenvalue weighted by Gasteiger charge is -2.30. The van der Waals surface area contributed by atoms with Crippen molar-refractivity contribution in [3.63, 3.8) is 0 Å². The molecule has 0 spiro atoms. The SMILES string of the molecule is COC(=O)NC(C(=O)N1CCC[C@H]1C1=NC=C(c2ccc(-c3ccc4cc(-c5cnc([C@@H]6CCCN6C(=O)[C@@H](NC(=O)OC)C(C)C)[nH]5)ccc4c3)cc2)C1)=C1CCOCC1. The Bertz CT molecular complexity index is 2410. The van der Waals surface area contributed by atoms with Crippen LogP contribution < -0.4 is 10.6 Å². The third-order valence-corrected chi connectivity index (χ3v) is 12.3. The van der Waals surface area contributed by atoms with Gasteiger partial charge in [-0.1, -0.05) is 62.4 Å². The molecule has 3 N–H and O–H groups in total. The highest BCUT2D eigenvalue weighted by molar-refractivity contribution is 6.06. The van der Waals surface area contributed by atoms with Crippen LogP contribution in [0.3, 0.4) is 0 Å². The van der Waals surface area contributed by atoms with Crippen LogP contribution in [0.1, 0.15) is 76.2 Å². The summed E-state index contributed by atoms with van der Waals surface area (Å²) in [6.07, 6.45) is 7.61. The van der Waals surface area contributed by atoms with Gasteiger partial charge in [-0.05, 0) is 95.2 Å². The molecule has 4 aliphatic rings. The minimum Gasteiger partial charge on any atom is -0.453 e. The van der Waals surface area contributed by atoms with Gasteiger partial charge in [0.05, 0.1) is 51.4 Å². The van der Waals surface area contributed by atoms with E-state index >= 15 is 0 Å². The number of H-pyrrole nitrogens is 1. The third-order valence-electron chi connectivity index (χ3n) is 12.3. The van der Waals surface area contributed by atoms with Gasteiger partial charge in [0.1, 0.15) is 17.6 Å². The van der Waals surface area contributed by atoms with E-state index in [-0.39, 0.29) is 29.8 Å². The minimum absolute atomic E-state index is 0.105. The number of ether oxygens (including phenoxy) is 3. The van der Waals surface area contributed by atoms with E-state index in [1.165, 1.54) is 14.2 Å². The Kier molecular flexibility index (Phi) is 12.3. The summed E-state index contributed by atoms with van der Waals surface area (Å²) in [5.74, 6) is 0.296. The van der Waals surface area contributed by atoms with Gasteiger partial charge in [0.15, 0.2) is 0 Å². The van der Waals surface area contributed by atoms with Crippen LogP contribution in [0.15, 0.2) is 89.3 Å². The van der Waals surface area contributed by atoms with Crippen LogP contribution in [0.5, 0.6) is 0 Å². The van der Waals surface area contributed by atoms with Gasteiger partial charge in [0.2, 0.25) is 5.91 Å². The van der Waals surface area contributed by atoms with Crippen molar-refractivity contribution in [2.45, 2.75) is 76.9 Å². The molecule has 5 heterocycles. The van der Waals surface area contributed by atoms with Crippen LogP contribution in [0.2, 0.25) is 0 Å². The van der Waals surface area contributed by atoms with Gasteiger partial charge in [-0.3, -0.25) is 19.9 Å². The number of fused-ring (bicyclic) bond motifs is 1. The molecule has 0 aliphatic carbocycles. The molecule has 1 aromatic heterocycles. The summed E-state index contributed by atoms with van der Waals surface area (Å²) in [7, 11) is 2.59. The number of hydrogen-bond acceptors (Lipinski definition) is 9. The minimum atomic E-state index is -0.688. The quantitative estimate of drug-likeness (QED) is 0.138. The van der Waals surface area contributed by atoms with Gasteiger partial charge < -0.3 is 34.3 Å². The number of benzene rings is 3. The van der Waals surface area contributed by atoms with E-state index in [9.17, 15) is 19.2 Å². The maximum absolute atomic E-state index is 13.9. The molecule has 14 heteroatoms. The number of imidazole rings is 1. The predicted molar refractivity (Wildman–Crippen MR) is 232 cm³/mol. The highest BCUT2D eigenvalue weighted by atomic mass is 16.5. The number of methoxy groups -OCH3 is 2. The van der Waals surface area contributed by atoms with Crippen molar-refractivity contribution in [1.82, 2.24) is 30.4 Å². The number of rotatable bonds is 10. The summed E-state index contributed by atoms with van der Waals surface area (Å²) in [4.78, 5) is 68.5. The topological polar surface area (TPSA) is 168 Å². The third kappa shape index (κ3) is 8.81. The number of alkyl carbamates (subject to hydrolysis) is 2. The molecule has 61 heavy (non-hydrogen) atoms. The van der Waals surface area contributed by atoms with E-state index in [0.717, 1.165) is 87.1 Å². The first-order valence-corrected chi connectivity index (χ1v) is 21.2. The molecule has 14 nitrogen and oxygen atoms in total. The number of carbonyl (C=O) groups excluding carboxylic acids is 4. The first-order chi connectivity index (χ1) is 29.6. The van der Waals surface area contributed by atoms with Gasteiger partial charge in [-0.2, -0.15) is 0 Å². The fourth-order valence-corrected chi connectivity index (χ4v) is 8.96. The van der Waals surface area contributed by atoms with Crippen molar-refractivity contribution in [2.75, 3.05) is 40.5 Å². The van der Waals surface area contributed by atoms with Crippen LogP contribution in [0.25, 0.3) is 38.7 Å². The highest BCUT2D eigenvalue weighted by Gasteiger charge is 2.38. The number of amides is 4. The zero-order valence-electron chi connectivity index (χ0n) is 35.2. The molecule has 0 saturated carbocycles. The van der Waals surface area contributed by atoms with Crippen LogP contribution in [-0.4, -0.2) is 102 Å². The Morgan fingerprint density at radius 1 is 0.803 bits per heavy atom. The van der Waals surface area contributed by atoms with Crippen molar-refractivity contribution >= 4 is 46.1 Å². The molecule has 3 fully saturated rings. The first-order valence-electron chi connectivity index (χ1n) is 21.2. The second kappa shape index (κ2) is 18.1. The normalized spacial score (nSPS) is 19.5. The van der Waals surface area contributed by atoms with E-state index in [1.54, 1.807) is 0 Å². The van der Waals surface area contributed by atoms with E-state index in [2.05, 4.69) is 76.3 Å². The molecule has 318 valence electrons. The number of nitrogens with zero attached hydrogens (tertiary/aromatic N) is 4. The fourth-order valence-electron chi connectivity index (χ4n) is 8.96. The Morgan fingerprint density at radius 2 is 1.44 bits per heavy atom. The zero-order chi connectivity index (χ0) is 42.6. The van der Waals surface area contributed by atoms with Crippen molar-refractivity contribution in [1.29, 1.82) is 0 Å².